The summed E-state index contributed by atoms with van der Waals surface area (Å²) in [6.07, 6.45) is 0. The predicted molar refractivity (Wildman–Crippen MR) is 134 cm³/mol. The van der Waals surface area contributed by atoms with Gasteiger partial charge in [0.05, 0.1) is 11.4 Å². The first-order valence-electron chi connectivity index (χ1n) is 10.7. The Morgan fingerprint density at radius 3 is 2.65 bits per heavy atom. The number of halogens is 1. The number of nitrogens with zero attached hydrogens (tertiary/aromatic N) is 2. The maximum atomic E-state index is 14.7. The van der Waals surface area contributed by atoms with Crippen LogP contribution in [0.1, 0.15) is 11.1 Å². The van der Waals surface area contributed by atoms with Crippen molar-refractivity contribution in [1.82, 2.24) is 14.5 Å². The maximum Gasteiger partial charge on any atom is 0.283 e. The Kier molecular flexibility index (Phi) is 5.67. The summed E-state index contributed by atoms with van der Waals surface area (Å²) >= 11 is 1.09. The molecular formula is C26H21FN4O2S. The van der Waals surface area contributed by atoms with Gasteiger partial charge in [0.25, 0.3) is 5.56 Å². The van der Waals surface area contributed by atoms with E-state index in [1.54, 1.807) is 12.1 Å². The molecule has 0 saturated carbocycles. The average molecular weight is 473 g/mol. The van der Waals surface area contributed by atoms with Gasteiger partial charge in [-0.3, -0.25) is 14.2 Å². The van der Waals surface area contributed by atoms with Gasteiger partial charge in [-0.2, -0.15) is 0 Å². The quantitative estimate of drug-likeness (QED) is 0.267. The van der Waals surface area contributed by atoms with Crippen molar-refractivity contribution < 1.29 is 9.18 Å². The van der Waals surface area contributed by atoms with Crippen molar-refractivity contribution in [3.63, 3.8) is 0 Å². The SMILES string of the molecule is Cc1ccc(NC(=O)CSc2nc3c([nH]c4ccccc43)c(=O)n2-c2ccccc2F)c(C)c1. The minimum Gasteiger partial charge on any atom is -0.349 e. The summed E-state index contributed by atoms with van der Waals surface area (Å²) in [5.74, 6) is -0.795. The summed E-state index contributed by atoms with van der Waals surface area (Å²) in [5, 5.41) is 3.93. The van der Waals surface area contributed by atoms with Crippen molar-refractivity contribution in [2.45, 2.75) is 19.0 Å². The molecule has 6 nitrogen and oxygen atoms in total. The highest BCUT2D eigenvalue weighted by atomic mass is 32.2. The lowest BCUT2D eigenvalue weighted by Gasteiger charge is -2.13. The number of rotatable bonds is 5. The number of nitrogens with one attached hydrogen (secondary N) is 2. The van der Waals surface area contributed by atoms with Crippen molar-refractivity contribution in [2.24, 2.45) is 0 Å². The largest absolute Gasteiger partial charge is 0.349 e. The van der Waals surface area contributed by atoms with Crippen LogP contribution in [-0.4, -0.2) is 26.2 Å². The Balaban J connectivity index is 1.56. The van der Waals surface area contributed by atoms with E-state index in [0.717, 1.165) is 39.5 Å². The average Bonchev–Trinajstić information content (AvgIpc) is 3.19. The number of para-hydroxylation sites is 2. The molecule has 0 aliphatic heterocycles. The zero-order valence-electron chi connectivity index (χ0n) is 18.6. The normalized spacial score (nSPS) is 11.3. The fourth-order valence-electron chi connectivity index (χ4n) is 3.95. The Morgan fingerprint density at radius 1 is 1.09 bits per heavy atom. The second kappa shape index (κ2) is 8.79. The van der Waals surface area contributed by atoms with Crippen LogP contribution in [0.3, 0.4) is 0 Å². The number of H-pyrrole nitrogens is 1. The molecule has 0 fully saturated rings. The van der Waals surface area contributed by atoms with Crippen LogP contribution in [-0.2, 0) is 4.79 Å². The zero-order chi connectivity index (χ0) is 23.8. The Morgan fingerprint density at radius 2 is 1.85 bits per heavy atom. The first kappa shape index (κ1) is 21.9. The van der Waals surface area contributed by atoms with Crippen LogP contribution < -0.4 is 10.9 Å². The number of carbonyl (C=O) groups excluding carboxylic acids is 1. The van der Waals surface area contributed by atoms with Gasteiger partial charge in [0, 0.05) is 16.6 Å². The lowest BCUT2D eigenvalue weighted by Crippen LogP contribution is -2.23. The summed E-state index contributed by atoms with van der Waals surface area (Å²) in [5.41, 5.74) is 3.98. The number of fused-ring (bicyclic) bond motifs is 3. The molecule has 0 aliphatic rings. The molecule has 2 N–H and O–H groups in total. The van der Waals surface area contributed by atoms with Gasteiger partial charge in [-0.25, -0.2) is 9.37 Å². The molecule has 1 amide bonds. The van der Waals surface area contributed by atoms with E-state index in [0.29, 0.717) is 5.52 Å². The molecule has 0 radical (unpaired) electrons. The second-order valence-electron chi connectivity index (χ2n) is 8.04. The molecule has 34 heavy (non-hydrogen) atoms. The van der Waals surface area contributed by atoms with Gasteiger partial charge >= 0.3 is 0 Å². The first-order chi connectivity index (χ1) is 16.4. The van der Waals surface area contributed by atoms with Crippen molar-refractivity contribution in [2.75, 3.05) is 11.1 Å². The molecule has 2 aromatic heterocycles. The van der Waals surface area contributed by atoms with Crippen LogP contribution in [0.15, 0.2) is 76.7 Å². The highest BCUT2D eigenvalue weighted by molar-refractivity contribution is 7.99. The van der Waals surface area contributed by atoms with Gasteiger partial charge in [0.2, 0.25) is 5.91 Å². The number of carbonyl (C=O) groups is 1. The summed E-state index contributed by atoms with van der Waals surface area (Å²) < 4.78 is 15.9. The Hall–Kier alpha value is -3.91. The van der Waals surface area contributed by atoms with Crippen LogP contribution in [0, 0.1) is 19.7 Å². The van der Waals surface area contributed by atoms with E-state index in [9.17, 15) is 14.0 Å². The molecule has 0 aliphatic carbocycles. The van der Waals surface area contributed by atoms with Crippen LogP contribution in [0.25, 0.3) is 27.6 Å². The van der Waals surface area contributed by atoms with E-state index >= 15 is 0 Å². The molecule has 2 heterocycles. The van der Waals surface area contributed by atoms with Crippen molar-refractivity contribution in [3.05, 3.63) is 94.0 Å². The van der Waals surface area contributed by atoms with E-state index in [1.807, 2.05) is 56.3 Å². The smallest absolute Gasteiger partial charge is 0.283 e. The van der Waals surface area contributed by atoms with Crippen molar-refractivity contribution >= 4 is 45.3 Å². The predicted octanol–water partition coefficient (Wildman–Crippen LogP) is 5.35. The van der Waals surface area contributed by atoms with Crippen LogP contribution >= 0.6 is 11.8 Å². The molecule has 0 saturated heterocycles. The maximum absolute atomic E-state index is 14.7. The summed E-state index contributed by atoms with van der Waals surface area (Å²) in [6, 6.07) is 19.3. The van der Waals surface area contributed by atoms with Crippen LogP contribution in [0.4, 0.5) is 10.1 Å². The molecule has 5 aromatic rings. The number of amides is 1. The van der Waals surface area contributed by atoms with Crippen molar-refractivity contribution in [1.29, 1.82) is 0 Å². The molecule has 0 atom stereocenters. The van der Waals surface area contributed by atoms with E-state index < -0.39 is 11.4 Å². The van der Waals surface area contributed by atoms with Crippen molar-refractivity contribution in [3.8, 4) is 5.69 Å². The van der Waals surface area contributed by atoms with E-state index in [4.69, 9.17) is 4.98 Å². The van der Waals surface area contributed by atoms with E-state index in [-0.39, 0.29) is 28.0 Å². The zero-order valence-corrected chi connectivity index (χ0v) is 19.4. The van der Waals surface area contributed by atoms with Gasteiger partial charge < -0.3 is 10.3 Å². The third kappa shape index (κ3) is 3.97. The van der Waals surface area contributed by atoms with E-state index in [2.05, 4.69) is 10.3 Å². The summed E-state index contributed by atoms with van der Waals surface area (Å²) in [6.45, 7) is 3.92. The minimum absolute atomic E-state index is 0.00205. The third-order valence-electron chi connectivity index (χ3n) is 5.58. The lowest BCUT2D eigenvalue weighted by molar-refractivity contribution is -0.113. The molecule has 0 bridgehead atoms. The number of aromatic amines is 1. The minimum atomic E-state index is -0.552. The number of aromatic nitrogens is 3. The highest BCUT2D eigenvalue weighted by Gasteiger charge is 2.20. The highest BCUT2D eigenvalue weighted by Crippen LogP contribution is 2.27. The molecule has 0 unspecified atom stereocenters. The van der Waals surface area contributed by atoms with Crippen LogP contribution in [0.5, 0.6) is 0 Å². The Labute approximate surface area is 198 Å². The molecule has 3 aromatic carbocycles. The number of benzene rings is 3. The number of thioether (sulfide) groups is 1. The van der Waals surface area contributed by atoms with Gasteiger partial charge in [-0.15, -0.1) is 0 Å². The number of hydrogen-bond acceptors (Lipinski definition) is 4. The van der Waals surface area contributed by atoms with E-state index in [1.165, 1.54) is 16.7 Å². The van der Waals surface area contributed by atoms with Gasteiger partial charge in [-0.05, 0) is 43.7 Å². The van der Waals surface area contributed by atoms with Gasteiger partial charge in [0.1, 0.15) is 16.9 Å². The standard InChI is InChI=1S/C26H21FN4O2S/c1-15-11-12-19(16(2)13-15)28-22(32)14-34-26-30-23-17-7-3-5-9-20(17)29-24(23)25(33)31(26)21-10-6-4-8-18(21)27/h3-13,29H,14H2,1-2H3,(H,28,32). The fourth-order valence-corrected chi connectivity index (χ4v) is 4.75. The number of hydrogen-bond donors (Lipinski definition) is 2. The molecular weight excluding hydrogens is 451 g/mol. The molecule has 8 heteroatoms. The van der Waals surface area contributed by atoms with Gasteiger partial charge in [0.15, 0.2) is 5.16 Å². The monoisotopic (exact) mass is 472 g/mol. The summed E-state index contributed by atoms with van der Waals surface area (Å²) in [7, 11) is 0. The molecule has 0 spiro atoms. The lowest BCUT2D eigenvalue weighted by atomic mass is 10.1. The fraction of sp³-hybridized carbons (Fsp3) is 0.115. The van der Waals surface area contributed by atoms with Crippen LogP contribution in [0.2, 0.25) is 0 Å². The van der Waals surface area contributed by atoms with Gasteiger partial charge in [-0.1, -0.05) is 59.8 Å². The third-order valence-corrected chi connectivity index (χ3v) is 6.51. The number of aryl methyl sites for hydroxylation is 2. The topological polar surface area (TPSA) is 79.8 Å². The first-order valence-corrected chi connectivity index (χ1v) is 11.7. The molecule has 170 valence electrons. The number of anilines is 1. The second-order valence-corrected chi connectivity index (χ2v) is 8.98. The summed E-state index contributed by atoms with van der Waals surface area (Å²) in [4.78, 5) is 34.0. The Bertz CT molecular complexity index is 1620. The molecule has 5 rings (SSSR count).